The fourth-order valence-corrected chi connectivity index (χ4v) is 1.63. The highest BCUT2D eigenvalue weighted by atomic mass is 79.9. The van der Waals surface area contributed by atoms with Crippen molar-refractivity contribution in [1.82, 2.24) is 10.2 Å². The summed E-state index contributed by atoms with van der Waals surface area (Å²) in [6.45, 7) is 0.809. The van der Waals surface area contributed by atoms with Crippen LogP contribution in [0, 0.1) is 0 Å². The number of carbonyl (C=O) groups excluding carboxylic acids is 1. The highest BCUT2D eigenvalue weighted by Gasteiger charge is 2.33. The number of nitrogens with zero attached hydrogens (tertiary/aromatic N) is 3. The molecule has 1 aliphatic heterocycles. The van der Waals surface area contributed by atoms with Crippen LogP contribution in [0.5, 0.6) is 0 Å². The Morgan fingerprint density at radius 3 is 2.79 bits per heavy atom. The fourth-order valence-electron chi connectivity index (χ4n) is 1.42. The lowest BCUT2D eigenvalue weighted by atomic mass is 10.0. The Balaban J connectivity index is 2.16. The third kappa shape index (κ3) is 1.57. The zero-order valence-corrected chi connectivity index (χ0v) is 8.94. The van der Waals surface area contributed by atoms with Crippen LogP contribution < -0.4 is 10.6 Å². The third-order valence-corrected chi connectivity index (χ3v) is 2.68. The van der Waals surface area contributed by atoms with Crippen molar-refractivity contribution in [2.24, 2.45) is 5.73 Å². The lowest BCUT2D eigenvalue weighted by Crippen LogP contribution is -2.55. The monoisotopic (exact) mass is 256 g/mol. The van der Waals surface area contributed by atoms with Gasteiger partial charge in [0.25, 0.3) is 0 Å². The summed E-state index contributed by atoms with van der Waals surface area (Å²) in [5, 5.41) is 7.80. The van der Waals surface area contributed by atoms with Crippen molar-refractivity contribution in [3.05, 3.63) is 16.7 Å². The van der Waals surface area contributed by atoms with E-state index in [2.05, 4.69) is 26.1 Å². The summed E-state index contributed by atoms with van der Waals surface area (Å²) < 4.78 is 0.678. The molecule has 0 aliphatic carbocycles. The molecule has 1 aromatic heterocycles. The Morgan fingerprint density at radius 2 is 2.36 bits per heavy atom. The number of rotatable bonds is 2. The molecule has 74 valence electrons. The highest BCUT2D eigenvalue weighted by molar-refractivity contribution is 9.10. The number of aromatic nitrogens is 2. The van der Waals surface area contributed by atoms with Crippen molar-refractivity contribution in [3.8, 4) is 0 Å². The molecule has 1 aliphatic rings. The molecule has 0 aromatic carbocycles. The number of amides is 1. The summed E-state index contributed by atoms with van der Waals surface area (Å²) in [5.41, 5.74) is 5.22. The minimum absolute atomic E-state index is 0.217. The van der Waals surface area contributed by atoms with Crippen molar-refractivity contribution in [2.75, 3.05) is 11.4 Å². The molecule has 1 saturated heterocycles. The van der Waals surface area contributed by atoms with E-state index in [0.717, 1.165) is 13.0 Å². The van der Waals surface area contributed by atoms with Gasteiger partial charge in [-0.25, -0.2) is 0 Å². The summed E-state index contributed by atoms with van der Waals surface area (Å²) in [5.74, 6) is 0.393. The summed E-state index contributed by atoms with van der Waals surface area (Å²) >= 11 is 3.19. The van der Waals surface area contributed by atoms with E-state index >= 15 is 0 Å². The van der Waals surface area contributed by atoms with Crippen LogP contribution in [0.25, 0.3) is 0 Å². The Bertz CT molecular complexity index is 353. The number of halogens is 1. The Morgan fingerprint density at radius 1 is 1.57 bits per heavy atom. The van der Waals surface area contributed by atoms with E-state index in [1.807, 2.05) is 11.0 Å². The molecule has 0 radical (unpaired) electrons. The number of nitrogens with two attached hydrogens (primary N) is 1. The molecular weight excluding hydrogens is 248 g/mol. The SMILES string of the molecule is NC(=O)C1CCN1c1ccc(Br)nn1. The van der Waals surface area contributed by atoms with E-state index in [4.69, 9.17) is 5.73 Å². The molecule has 1 amide bonds. The topological polar surface area (TPSA) is 72.1 Å². The van der Waals surface area contributed by atoms with Crippen molar-refractivity contribution in [1.29, 1.82) is 0 Å². The summed E-state index contributed by atoms with van der Waals surface area (Å²) in [6, 6.07) is 3.38. The minimum atomic E-state index is -0.305. The average Bonchev–Trinajstić information content (AvgIpc) is 2.05. The maximum absolute atomic E-state index is 11.0. The van der Waals surface area contributed by atoms with E-state index in [0.29, 0.717) is 10.4 Å². The van der Waals surface area contributed by atoms with Crippen molar-refractivity contribution in [3.63, 3.8) is 0 Å². The van der Waals surface area contributed by atoms with Gasteiger partial charge in [-0.05, 0) is 34.5 Å². The van der Waals surface area contributed by atoms with Gasteiger partial charge in [0.1, 0.15) is 10.6 Å². The van der Waals surface area contributed by atoms with Gasteiger partial charge in [-0.15, -0.1) is 10.2 Å². The van der Waals surface area contributed by atoms with Crippen molar-refractivity contribution in [2.45, 2.75) is 12.5 Å². The molecule has 1 unspecified atom stereocenters. The van der Waals surface area contributed by atoms with Gasteiger partial charge in [-0.1, -0.05) is 0 Å². The van der Waals surface area contributed by atoms with E-state index < -0.39 is 0 Å². The molecule has 0 bridgehead atoms. The second-order valence-corrected chi connectivity index (χ2v) is 3.93. The fraction of sp³-hybridized carbons (Fsp3) is 0.375. The summed E-state index contributed by atoms with van der Waals surface area (Å²) in [7, 11) is 0. The van der Waals surface area contributed by atoms with Crippen LogP contribution in [0.15, 0.2) is 16.7 Å². The molecule has 5 nitrogen and oxygen atoms in total. The zero-order valence-electron chi connectivity index (χ0n) is 7.35. The van der Waals surface area contributed by atoms with Crippen LogP contribution >= 0.6 is 15.9 Å². The van der Waals surface area contributed by atoms with Gasteiger partial charge < -0.3 is 10.6 Å². The molecule has 14 heavy (non-hydrogen) atoms. The predicted molar refractivity (Wildman–Crippen MR) is 54.7 cm³/mol. The first-order valence-corrected chi connectivity index (χ1v) is 5.03. The summed E-state index contributed by atoms with van der Waals surface area (Å²) in [6.07, 6.45) is 0.799. The number of hydrogen-bond acceptors (Lipinski definition) is 4. The number of primary amides is 1. The van der Waals surface area contributed by atoms with Crippen LogP contribution in [-0.4, -0.2) is 28.7 Å². The first kappa shape index (κ1) is 9.39. The standard InChI is InChI=1S/C8H9BrN4O/c9-6-1-2-7(12-11-6)13-4-3-5(13)8(10)14/h1-2,5H,3-4H2,(H2,10,14). The molecule has 6 heteroatoms. The first-order chi connectivity index (χ1) is 6.68. The van der Waals surface area contributed by atoms with Crippen LogP contribution in [0.2, 0.25) is 0 Å². The van der Waals surface area contributed by atoms with E-state index in [1.165, 1.54) is 0 Å². The molecule has 1 fully saturated rings. The second kappa shape index (κ2) is 3.53. The highest BCUT2D eigenvalue weighted by Crippen LogP contribution is 2.24. The number of carbonyl (C=O) groups is 1. The van der Waals surface area contributed by atoms with Crippen LogP contribution in [0.3, 0.4) is 0 Å². The first-order valence-electron chi connectivity index (χ1n) is 4.23. The quantitative estimate of drug-likeness (QED) is 0.827. The molecule has 1 atom stereocenters. The van der Waals surface area contributed by atoms with E-state index in [-0.39, 0.29) is 11.9 Å². The maximum atomic E-state index is 11.0. The van der Waals surface area contributed by atoms with Gasteiger partial charge in [0.05, 0.1) is 0 Å². The van der Waals surface area contributed by atoms with Crippen LogP contribution in [-0.2, 0) is 4.79 Å². The van der Waals surface area contributed by atoms with Gasteiger partial charge in [0, 0.05) is 6.54 Å². The Labute approximate surface area is 89.4 Å². The van der Waals surface area contributed by atoms with Gasteiger partial charge >= 0.3 is 0 Å². The molecule has 2 rings (SSSR count). The Kier molecular flexibility index (Phi) is 2.37. The van der Waals surface area contributed by atoms with Gasteiger partial charge in [-0.2, -0.15) is 0 Å². The second-order valence-electron chi connectivity index (χ2n) is 3.11. The molecule has 0 spiro atoms. The molecule has 2 heterocycles. The largest absolute Gasteiger partial charge is 0.368 e. The van der Waals surface area contributed by atoms with Gasteiger partial charge in [-0.3, -0.25) is 4.79 Å². The zero-order chi connectivity index (χ0) is 10.1. The minimum Gasteiger partial charge on any atom is -0.368 e. The van der Waals surface area contributed by atoms with E-state index in [9.17, 15) is 4.79 Å². The van der Waals surface area contributed by atoms with Crippen LogP contribution in [0.1, 0.15) is 6.42 Å². The number of anilines is 1. The van der Waals surface area contributed by atoms with E-state index in [1.54, 1.807) is 6.07 Å². The normalized spacial score (nSPS) is 20.4. The third-order valence-electron chi connectivity index (χ3n) is 2.26. The summed E-state index contributed by atoms with van der Waals surface area (Å²) in [4.78, 5) is 12.8. The molecule has 0 saturated carbocycles. The van der Waals surface area contributed by atoms with Gasteiger partial charge in [0.2, 0.25) is 5.91 Å². The Hall–Kier alpha value is -1.17. The smallest absolute Gasteiger partial charge is 0.240 e. The average molecular weight is 257 g/mol. The number of hydrogen-bond donors (Lipinski definition) is 1. The predicted octanol–water partition coefficient (Wildman–Crippen LogP) is 0.303. The van der Waals surface area contributed by atoms with Crippen LogP contribution in [0.4, 0.5) is 5.82 Å². The van der Waals surface area contributed by atoms with Crippen molar-refractivity contribution < 1.29 is 4.79 Å². The lowest BCUT2D eigenvalue weighted by molar-refractivity contribution is -0.120. The molecular formula is C8H9BrN4O. The lowest BCUT2D eigenvalue weighted by Gasteiger charge is -2.39. The van der Waals surface area contributed by atoms with Gasteiger partial charge in [0.15, 0.2) is 5.82 Å². The maximum Gasteiger partial charge on any atom is 0.240 e. The molecule has 1 aromatic rings. The van der Waals surface area contributed by atoms with Crippen molar-refractivity contribution >= 4 is 27.7 Å². The molecule has 2 N–H and O–H groups in total.